The van der Waals surface area contributed by atoms with E-state index in [4.69, 9.17) is 4.74 Å². The zero-order valence-electron chi connectivity index (χ0n) is 8.12. The van der Waals surface area contributed by atoms with E-state index in [0.717, 1.165) is 19.3 Å². The van der Waals surface area contributed by atoms with Crippen LogP contribution in [0.3, 0.4) is 0 Å². The molecule has 0 saturated heterocycles. The molecule has 0 bridgehead atoms. The minimum absolute atomic E-state index is 0.0965. The monoisotopic (exact) mass is 187 g/mol. The molecule has 1 amide bonds. The Morgan fingerprint density at radius 2 is 2.23 bits per heavy atom. The van der Waals surface area contributed by atoms with Gasteiger partial charge in [0.2, 0.25) is 5.91 Å². The van der Waals surface area contributed by atoms with Crippen LogP contribution in [0.25, 0.3) is 0 Å². The van der Waals surface area contributed by atoms with Crippen molar-refractivity contribution in [3.05, 3.63) is 0 Å². The third-order valence-corrected chi connectivity index (χ3v) is 2.49. The molecule has 0 aromatic heterocycles. The molecular formula is C9H17NO3. The van der Waals surface area contributed by atoms with Crippen molar-refractivity contribution in [3.63, 3.8) is 0 Å². The van der Waals surface area contributed by atoms with Crippen LogP contribution < -0.4 is 5.32 Å². The standard InChI is InChI=1S/C9H17NO3/c1-6(11)10-7-4-3-5-8(13-2)9(7)12/h7-9,12H,3-5H2,1-2H3,(H,10,11)/t7-,8+,9+/m1/s1. The molecule has 0 aromatic carbocycles. The van der Waals surface area contributed by atoms with Crippen molar-refractivity contribution in [2.75, 3.05) is 7.11 Å². The Labute approximate surface area is 78.3 Å². The topological polar surface area (TPSA) is 58.6 Å². The first-order valence-corrected chi connectivity index (χ1v) is 4.63. The number of carbonyl (C=O) groups excluding carboxylic acids is 1. The van der Waals surface area contributed by atoms with Gasteiger partial charge in [0.05, 0.1) is 12.1 Å². The molecule has 1 aliphatic carbocycles. The highest BCUT2D eigenvalue weighted by Crippen LogP contribution is 2.21. The number of aliphatic hydroxyl groups is 1. The third-order valence-electron chi connectivity index (χ3n) is 2.49. The van der Waals surface area contributed by atoms with E-state index in [1.54, 1.807) is 7.11 Å². The first-order chi connectivity index (χ1) is 6.15. The lowest BCUT2D eigenvalue weighted by molar-refractivity contribution is -0.122. The molecule has 0 aliphatic heterocycles. The van der Waals surface area contributed by atoms with Gasteiger partial charge in [-0.05, 0) is 19.3 Å². The molecule has 0 aromatic rings. The summed E-state index contributed by atoms with van der Waals surface area (Å²) >= 11 is 0. The zero-order valence-corrected chi connectivity index (χ0v) is 8.12. The van der Waals surface area contributed by atoms with Gasteiger partial charge in [0.15, 0.2) is 0 Å². The third kappa shape index (κ3) is 2.67. The van der Waals surface area contributed by atoms with Crippen LogP contribution in [0.2, 0.25) is 0 Å². The van der Waals surface area contributed by atoms with Crippen molar-refractivity contribution in [2.24, 2.45) is 0 Å². The van der Waals surface area contributed by atoms with Crippen LogP contribution >= 0.6 is 0 Å². The maximum absolute atomic E-state index is 10.8. The molecule has 13 heavy (non-hydrogen) atoms. The van der Waals surface area contributed by atoms with Crippen molar-refractivity contribution in [3.8, 4) is 0 Å². The fourth-order valence-corrected chi connectivity index (χ4v) is 1.82. The lowest BCUT2D eigenvalue weighted by atomic mass is 9.90. The van der Waals surface area contributed by atoms with Crippen LogP contribution in [0, 0.1) is 0 Å². The summed E-state index contributed by atoms with van der Waals surface area (Å²) in [7, 11) is 1.59. The smallest absolute Gasteiger partial charge is 0.217 e. The van der Waals surface area contributed by atoms with Gasteiger partial charge in [0, 0.05) is 14.0 Å². The lowest BCUT2D eigenvalue weighted by Crippen LogP contribution is -2.51. The van der Waals surface area contributed by atoms with Crippen LogP contribution in [-0.2, 0) is 9.53 Å². The van der Waals surface area contributed by atoms with E-state index >= 15 is 0 Å². The van der Waals surface area contributed by atoms with Crippen LogP contribution in [0.15, 0.2) is 0 Å². The molecule has 1 fully saturated rings. The molecule has 4 nitrogen and oxygen atoms in total. The molecule has 0 radical (unpaired) electrons. The fraction of sp³-hybridized carbons (Fsp3) is 0.889. The molecule has 76 valence electrons. The molecule has 1 aliphatic rings. The molecule has 1 rings (SSSR count). The Kier molecular flexibility index (Phi) is 3.69. The molecule has 2 N–H and O–H groups in total. The van der Waals surface area contributed by atoms with Gasteiger partial charge < -0.3 is 15.2 Å². The van der Waals surface area contributed by atoms with Crippen molar-refractivity contribution in [1.29, 1.82) is 0 Å². The van der Waals surface area contributed by atoms with Crippen LogP contribution in [0.4, 0.5) is 0 Å². The van der Waals surface area contributed by atoms with Crippen molar-refractivity contribution in [1.82, 2.24) is 5.32 Å². The van der Waals surface area contributed by atoms with E-state index < -0.39 is 6.10 Å². The summed E-state index contributed by atoms with van der Waals surface area (Å²) in [6, 6.07) is -0.142. The van der Waals surface area contributed by atoms with Crippen LogP contribution in [0.1, 0.15) is 26.2 Å². The van der Waals surface area contributed by atoms with Crippen LogP contribution in [-0.4, -0.2) is 36.4 Å². The number of nitrogens with one attached hydrogen (secondary N) is 1. The Bertz CT molecular complexity index is 184. The number of hydrogen-bond acceptors (Lipinski definition) is 3. The van der Waals surface area contributed by atoms with Crippen molar-refractivity contribution >= 4 is 5.91 Å². The number of rotatable bonds is 2. The molecular weight excluding hydrogens is 170 g/mol. The first kappa shape index (κ1) is 10.5. The number of methoxy groups -OCH3 is 1. The minimum Gasteiger partial charge on any atom is -0.388 e. The Morgan fingerprint density at radius 3 is 2.77 bits per heavy atom. The fourth-order valence-electron chi connectivity index (χ4n) is 1.82. The van der Waals surface area contributed by atoms with Gasteiger partial charge in [-0.2, -0.15) is 0 Å². The van der Waals surface area contributed by atoms with Gasteiger partial charge >= 0.3 is 0 Å². The summed E-state index contributed by atoms with van der Waals surface area (Å²) < 4.78 is 5.11. The molecule has 0 spiro atoms. The van der Waals surface area contributed by atoms with Crippen LogP contribution in [0.5, 0.6) is 0 Å². The highest BCUT2D eigenvalue weighted by atomic mass is 16.5. The summed E-state index contributed by atoms with van der Waals surface area (Å²) in [4.78, 5) is 10.8. The van der Waals surface area contributed by atoms with Gasteiger partial charge in [-0.1, -0.05) is 0 Å². The minimum atomic E-state index is -0.567. The van der Waals surface area contributed by atoms with Gasteiger partial charge in [0.1, 0.15) is 6.10 Å². The number of ether oxygens (including phenoxy) is 1. The average molecular weight is 187 g/mol. The molecule has 4 heteroatoms. The van der Waals surface area contributed by atoms with E-state index in [1.807, 2.05) is 0 Å². The number of hydrogen-bond donors (Lipinski definition) is 2. The number of aliphatic hydroxyl groups excluding tert-OH is 1. The van der Waals surface area contributed by atoms with E-state index in [-0.39, 0.29) is 18.1 Å². The Hall–Kier alpha value is -0.610. The predicted octanol–water partition coefficient (Wildman–Crippen LogP) is 0.0509. The van der Waals surface area contributed by atoms with Crippen molar-refractivity contribution in [2.45, 2.75) is 44.4 Å². The second-order valence-corrected chi connectivity index (χ2v) is 3.50. The summed E-state index contributed by atoms with van der Waals surface area (Å²) in [6.45, 7) is 1.46. The SMILES string of the molecule is CO[C@H]1CCC[C@@H](NC(C)=O)[C@@H]1O. The highest BCUT2D eigenvalue weighted by Gasteiger charge is 2.31. The second-order valence-electron chi connectivity index (χ2n) is 3.50. The Balaban J connectivity index is 2.49. The summed E-state index contributed by atoms with van der Waals surface area (Å²) in [5.41, 5.74) is 0. The molecule has 0 heterocycles. The van der Waals surface area contributed by atoms with Crippen molar-refractivity contribution < 1.29 is 14.6 Å². The van der Waals surface area contributed by atoms with Gasteiger partial charge in [-0.25, -0.2) is 0 Å². The van der Waals surface area contributed by atoms with E-state index in [9.17, 15) is 9.90 Å². The number of carbonyl (C=O) groups is 1. The quantitative estimate of drug-likeness (QED) is 0.642. The van der Waals surface area contributed by atoms with Gasteiger partial charge in [0.25, 0.3) is 0 Å². The summed E-state index contributed by atoms with van der Waals surface area (Å²) in [5, 5.41) is 12.5. The summed E-state index contributed by atoms with van der Waals surface area (Å²) in [5.74, 6) is -0.0965. The maximum atomic E-state index is 10.8. The van der Waals surface area contributed by atoms with Gasteiger partial charge in [-0.3, -0.25) is 4.79 Å². The van der Waals surface area contributed by atoms with E-state index in [0.29, 0.717) is 0 Å². The molecule has 1 saturated carbocycles. The molecule has 0 unspecified atom stereocenters. The van der Waals surface area contributed by atoms with E-state index in [1.165, 1.54) is 6.92 Å². The maximum Gasteiger partial charge on any atom is 0.217 e. The predicted molar refractivity (Wildman–Crippen MR) is 48.3 cm³/mol. The number of amides is 1. The lowest BCUT2D eigenvalue weighted by Gasteiger charge is -2.33. The molecule has 3 atom stereocenters. The zero-order chi connectivity index (χ0) is 9.84. The largest absolute Gasteiger partial charge is 0.388 e. The average Bonchev–Trinajstić information content (AvgIpc) is 2.08. The van der Waals surface area contributed by atoms with E-state index in [2.05, 4.69) is 5.32 Å². The van der Waals surface area contributed by atoms with Gasteiger partial charge in [-0.15, -0.1) is 0 Å². The highest BCUT2D eigenvalue weighted by molar-refractivity contribution is 5.73. The Morgan fingerprint density at radius 1 is 1.54 bits per heavy atom. The summed E-state index contributed by atoms with van der Waals surface area (Å²) in [6.07, 6.45) is 1.99. The first-order valence-electron chi connectivity index (χ1n) is 4.63. The normalized spacial score (nSPS) is 34.2. The second kappa shape index (κ2) is 4.58.